The fourth-order valence-electron chi connectivity index (χ4n) is 1.70. The molecule has 1 aromatic carbocycles. The van der Waals surface area contributed by atoms with E-state index in [1.807, 2.05) is 13.8 Å². The maximum atomic E-state index is 2.21. The van der Waals surface area contributed by atoms with E-state index in [-0.39, 0.29) is 0 Å². The normalized spacial score (nSPS) is 16.1. The van der Waals surface area contributed by atoms with Gasteiger partial charge in [0.2, 0.25) is 0 Å². The predicted molar refractivity (Wildman–Crippen MR) is 65.9 cm³/mol. The highest BCUT2D eigenvalue weighted by Gasteiger charge is 2.15. The van der Waals surface area contributed by atoms with Gasteiger partial charge in [0.25, 0.3) is 0 Å². The fourth-order valence-corrected chi connectivity index (χ4v) is 2.97. The summed E-state index contributed by atoms with van der Waals surface area (Å²) in [6.07, 6.45) is 5.70. The first-order valence-corrected chi connectivity index (χ1v) is 6.55. The van der Waals surface area contributed by atoms with Gasteiger partial charge >= 0.3 is 0 Å². The van der Waals surface area contributed by atoms with Crippen LogP contribution < -0.4 is 0 Å². The molecule has 0 atom stereocenters. The lowest BCUT2D eigenvalue weighted by Gasteiger charge is -2.07. The lowest BCUT2D eigenvalue weighted by molar-refractivity contribution is 0.886. The topological polar surface area (TPSA) is 0 Å². The molecule has 0 heterocycles. The standard InChI is InChI=1S/C11H14S.C2H6/c1-2-6-10(7-3-1)12-11-8-4-5-9-11;1-2/h1-3,6-7,11H,4-5,8-9H2;1-2H3. The molecule has 0 aromatic heterocycles. The first kappa shape index (κ1) is 11.6. The Kier molecular flexibility index (Phi) is 5.77. The van der Waals surface area contributed by atoms with Crippen LogP contribution in [0.25, 0.3) is 0 Å². The summed E-state index contributed by atoms with van der Waals surface area (Å²) >= 11 is 2.05. The second-order valence-electron chi connectivity index (χ2n) is 3.34. The second-order valence-corrected chi connectivity index (χ2v) is 4.71. The van der Waals surface area contributed by atoms with Crippen molar-refractivity contribution in [1.82, 2.24) is 0 Å². The van der Waals surface area contributed by atoms with Gasteiger partial charge in [0.15, 0.2) is 0 Å². The monoisotopic (exact) mass is 208 g/mol. The zero-order valence-electron chi connectivity index (χ0n) is 9.20. The van der Waals surface area contributed by atoms with Crippen molar-refractivity contribution in [3.05, 3.63) is 30.3 Å². The van der Waals surface area contributed by atoms with Crippen LogP contribution >= 0.6 is 11.8 Å². The molecule has 0 amide bonds. The molecule has 2 rings (SSSR count). The van der Waals surface area contributed by atoms with Gasteiger partial charge in [0.1, 0.15) is 0 Å². The molecule has 0 bridgehead atoms. The Morgan fingerprint density at radius 2 is 1.57 bits per heavy atom. The summed E-state index contributed by atoms with van der Waals surface area (Å²) in [5.41, 5.74) is 0. The molecule has 1 aliphatic carbocycles. The maximum Gasteiger partial charge on any atom is 0.00944 e. The Bertz CT molecular complexity index is 224. The predicted octanol–water partition coefficient (Wildman–Crippen LogP) is 4.75. The highest BCUT2D eigenvalue weighted by Crippen LogP contribution is 2.34. The van der Waals surface area contributed by atoms with Crippen molar-refractivity contribution in [3.63, 3.8) is 0 Å². The molecule has 0 spiro atoms. The van der Waals surface area contributed by atoms with Crippen LogP contribution in [0, 0.1) is 0 Å². The van der Waals surface area contributed by atoms with E-state index in [0.717, 1.165) is 5.25 Å². The summed E-state index contributed by atoms with van der Waals surface area (Å²) in [5, 5.41) is 0.896. The minimum absolute atomic E-state index is 0.896. The number of thioether (sulfide) groups is 1. The van der Waals surface area contributed by atoms with E-state index in [4.69, 9.17) is 0 Å². The largest absolute Gasteiger partial charge is 0.123 e. The van der Waals surface area contributed by atoms with Crippen LogP contribution in [0.2, 0.25) is 0 Å². The SMILES string of the molecule is CC.c1ccc(SC2CCCC2)cc1. The van der Waals surface area contributed by atoms with E-state index in [2.05, 4.69) is 42.1 Å². The summed E-state index contributed by atoms with van der Waals surface area (Å²) in [5.74, 6) is 0. The Hall–Kier alpha value is -0.430. The third-order valence-electron chi connectivity index (χ3n) is 2.35. The molecule has 1 aromatic rings. The lowest BCUT2D eigenvalue weighted by atomic mass is 10.4. The molecule has 1 fully saturated rings. The Balaban J connectivity index is 0.000000461. The van der Waals surface area contributed by atoms with Crippen molar-refractivity contribution >= 4 is 11.8 Å². The minimum atomic E-state index is 0.896. The third kappa shape index (κ3) is 3.75. The van der Waals surface area contributed by atoms with Gasteiger partial charge in [-0.05, 0) is 25.0 Å². The van der Waals surface area contributed by atoms with E-state index >= 15 is 0 Å². The second kappa shape index (κ2) is 6.94. The number of rotatable bonds is 2. The van der Waals surface area contributed by atoms with Crippen molar-refractivity contribution in [2.75, 3.05) is 0 Å². The van der Waals surface area contributed by atoms with Crippen LogP contribution in [0.5, 0.6) is 0 Å². The molecule has 0 N–H and O–H groups in total. The van der Waals surface area contributed by atoms with Gasteiger partial charge < -0.3 is 0 Å². The van der Waals surface area contributed by atoms with Crippen LogP contribution in [-0.2, 0) is 0 Å². The molecule has 0 aliphatic heterocycles. The van der Waals surface area contributed by atoms with Crippen LogP contribution in [0.1, 0.15) is 39.5 Å². The molecule has 0 saturated heterocycles. The zero-order valence-corrected chi connectivity index (χ0v) is 10.0. The van der Waals surface area contributed by atoms with E-state index in [9.17, 15) is 0 Å². The average Bonchev–Trinajstić information content (AvgIpc) is 2.75. The summed E-state index contributed by atoms with van der Waals surface area (Å²) in [7, 11) is 0. The van der Waals surface area contributed by atoms with Crippen molar-refractivity contribution < 1.29 is 0 Å². The fraction of sp³-hybridized carbons (Fsp3) is 0.538. The molecule has 0 radical (unpaired) electrons. The number of benzene rings is 1. The van der Waals surface area contributed by atoms with Gasteiger partial charge in [-0.25, -0.2) is 0 Å². The van der Waals surface area contributed by atoms with Crippen molar-refractivity contribution in [3.8, 4) is 0 Å². The molecule has 1 aliphatic rings. The first-order chi connectivity index (χ1) is 6.95. The molecule has 0 nitrogen and oxygen atoms in total. The van der Waals surface area contributed by atoms with Crippen LogP contribution in [-0.4, -0.2) is 5.25 Å². The quantitative estimate of drug-likeness (QED) is 0.676. The van der Waals surface area contributed by atoms with Crippen LogP contribution in [0.4, 0.5) is 0 Å². The van der Waals surface area contributed by atoms with E-state index in [1.165, 1.54) is 30.6 Å². The summed E-state index contributed by atoms with van der Waals surface area (Å²) in [6.45, 7) is 4.00. The van der Waals surface area contributed by atoms with Crippen molar-refractivity contribution in [2.24, 2.45) is 0 Å². The van der Waals surface area contributed by atoms with E-state index in [1.54, 1.807) is 0 Å². The average molecular weight is 208 g/mol. The lowest BCUT2D eigenvalue weighted by Crippen LogP contribution is -1.92. The Labute approximate surface area is 92.1 Å². The van der Waals surface area contributed by atoms with Gasteiger partial charge in [-0.3, -0.25) is 0 Å². The summed E-state index contributed by atoms with van der Waals surface area (Å²) in [4.78, 5) is 1.43. The van der Waals surface area contributed by atoms with Gasteiger partial charge in [0, 0.05) is 10.1 Å². The molecule has 1 heteroatoms. The Morgan fingerprint density at radius 1 is 1.00 bits per heavy atom. The summed E-state index contributed by atoms with van der Waals surface area (Å²) < 4.78 is 0. The van der Waals surface area contributed by atoms with Gasteiger partial charge in [-0.15, -0.1) is 11.8 Å². The van der Waals surface area contributed by atoms with E-state index in [0.29, 0.717) is 0 Å². The van der Waals surface area contributed by atoms with Gasteiger partial charge in [-0.2, -0.15) is 0 Å². The molecule has 78 valence electrons. The number of hydrogen-bond donors (Lipinski definition) is 0. The molecule has 1 saturated carbocycles. The minimum Gasteiger partial charge on any atom is -0.123 e. The third-order valence-corrected chi connectivity index (χ3v) is 3.70. The Morgan fingerprint density at radius 3 is 2.14 bits per heavy atom. The molecule has 14 heavy (non-hydrogen) atoms. The van der Waals surface area contributed by atoms with Crippen LogP contribution in [0.3, 0.4) is 0 Å². The molecular formula is C13H20S. The van der Waals surface area contributed by atoms with Gasteiger partial charge in [-0.1, -0.05) is 44.9 Å². The van der Waals surface area contributed by atoms with E-state index < -0.39 is 0 Å². The van der Waals surface area contributed by atoms with Crippen molar-refractivity contribution in [1.29, 1.82) is 0 Å². The maximum absolute atomic E-state index is 2.21. The highest BCUT2D eigenvalue weighted by atomic mass is 32.2. The summed E-state index contributed by atoms with van der Waals surface area (Å²) in [6, 6.07) is 10.7. The van der Waals surface area contributed by atoms with Crippen molar-refractivity contribution in [2.45, 2.75) is 49.7 Å². The van der Waals surface area contributed by atoms with Crippen LogP contribution in [0.15, 0.2) is 35.2 Å². The number of hydrogen-bond acceptors (Lipinski definition) is 1. The van der Waals surface area contributed by atoms with Gasteiger partial charge in [0.05, 0.1) is 0 Å². The highest BCUT2D eigenvalue weighted by molar-refractivity contribution is 8.00. The molecular weight excluding hydrogens is 188 g/mol. The zero-order chi connectivity index (χ0) is 10.2. The first-order valence-electron chi connectivity index (χ1n) is 5.67. The molecule has 0 unspecified atom stereocenters. The smallest absolute Gasteiger partial charge is 0.00944 e.